The molecule has 0 spiro atoms. The molecule has 0 aliphatic heterocycles. The number of aromatic nitrogens is 3. The largest absolute Gasteiger partial charge is 0.493 e. The number of hydrogen-bond acceptors (Lipinski definition) is 7. The highest BCUT2D eigenvalue weighted by Crippen LogP contribution is 2.30. The van der Waals surface area contributed by atoms with Crippen molar-refractivity contribution >= 4 is 23.3 Å². The van der Waals surface area contributed by atoms with Crippen molar-refractivity contribution in [3.05, 3.63) is 76.6 Å². The van der Waals surface area contributed by atoms with Gasteiger partial charge in [-0.2, -0.15) is 0 Å². The molecule has 1 heterocycles. The fourth-order valence-electron chi connectivity index (χ4n) is 2.77. The van der Waals surface area contributed by atoms with Gasteiger partial charge in [0.2, 0.25) is 5.82 Å². The Bertz CT molecular complexity index is 1080. The van der Waals surface area contributed by atoms with Gasteiger partial charge in [-0.1, -0.05) is 41.6 Å². The van der Waals surface area contributed by atoms with E-state index in [0.717, 1.165) is 16.8 Å². The maximum Gasteiger partial charge on any atom is 0.297 e. The lowest BCUT2D eigenvalue weighted by molar-refractivity contribution is 0.354. The van der Waals surface area contributed by atoms with Crippen molar-refractivity contribution < 1.29 is 9.47 Å². The Morgan fingerprint density at radius 1 is 1.10 bits per heavy atom. The molecule has 3 aromatic rings. The SMILES string of the molecule is C=CCn1c(SCc2ccc(OC)c(OC)c2)nnc(Nc2ccc(C)cc2)c1=O. The molecule has 156 valence electrons. The Hall–Kier alpha value is -3.26. The molecule has 1 N–H and O–H groups in total. The molecule has 3 rings (SSSR count). The van der Waals surface area contributed by atoms with E-state index in [2.05, 4.69) is 22.1 Å². The number of thioether (sulfide) groups is 1. The molecule has 0 unspecified atom stereocenters. The molecular formula is C22H24N4O3S. The molecule has 7 nitrogen and oxygen atoms in total. The van der Waals surface area contributed by atoms with Crippen LogP contribution in [0.5, 0.6) is 11.5 Å². The van der Waals surface area contributed by atoms with E-state index in [4.69, 9.17) is 9.47 Å². The number of hydrogen-bond donors (Lipinski definition) is 1. The molecule has 0 saturated carbocycles. The summed E-state index contributed by atoms with van der Waals surface area (Å²) in [6.45, 7) is 6.10. The highest BCUT2D eigenvalue weighted by Gasteiger charge is 2.13. The Morgan fingerprint density at radius 3 is 2.50 bits per heavy atom. The number of anilines is 2. The summed E-state index contributed by atoms with van der Waals surface area (Å²) in [5.41, 5.74) is 2.68. The van der Waals surface area contributed by atoms with Gasteiger partial charge >= 0.3 is 0 Å². The summed E-state index contributed by atoms with van der Waals surface area (Å²) in [4.78, 5) is 12.9. The summed E-state index contributed by atoms with van der Waals surface area (Å²) in [7, 11) is 3.20. The van der Waals surface area contributed by atoms with Gasteiger partial charge in [-0.15, -0.1) is 16.8 Å². The summed E-state index contributed by atoms with van der Waals surface area (Å²) in [5, 5.41) is 12.0. The van der Waals surface area contributed by atoms with Crippen LogP contribution in [0.25, 0.3) is 0 Å². The lowest BCUT2D eigenvalue weighted by atomic mass is 10.2. The van der Waals surface area contributed by atoms with E-state index in [9.17, 15) is 4.79 Å². The first kappa shape index (κ1) is 21.4. The van der Waals surface area contributed by atoms with Gasteiger partial charge in [-0.25, -0.2) is 0 Å². The minimum Gasteiger partial charge on any atom is -0.493 e. The maximum atomic E-state index is 12.9. The molecule has 1 aromatic heterocycles. The molecule has 2 aromatic carbocycles. The average molecular weight is 425 g/mol. The Kier molecular flexibility index (Phi) is 7.13. The third kappa shape index (κ3) is 5.01. The van der Waals surface area contributed by atoms with Gasteiger partial charge < -0.3 is 14.8 Å². The molecule has 30 heavy (non-hydrogen) atoms. The molecular weight excluding hydrogens is 400 g/mol. The summed E-state index contributed by atoms with van der Waals surface area (Å²) < 4.78 is 12.2. The van der Waals surface area contributed by atoms with Crippen LogP contribution in [0, 0.1) is 6.92 Å². The molecule has 0 bridgehead atoms. The maximum absolute atomic E-state index is 12.9. The first-order chi connectivity index (χ1) is 14.5. The van der Waals surface area contributed by atoms with Crippen molar-refractivity contribution in [3.63, 3.8) is 0 Å². The lowest BCUT2D eigenvalue weighted by Gasteiger charge is -2.12. The first-order valence-electron chi connectivity index (χ1n) is 9.31. The van der Waals surface area contributed by atoms with Crippen LogP contribution in [0.15, 0.2) is 65.1 Å². The molecule has 0 radical (unpaired) electrons. The van der Waals surface area contributed by atoms with Gasteiger partial charge in [0.25, 0.3) is 5.56 Å². The van der Waals surface area contributed by atoms with Crippen LogP contribution >= 0.6 is 11.8 Å². The Labute approximate surface area is 179 Å². The fraction of sp³-hybridized carbons (Fsp3) is 0.227. The highest BCUT2D eigenvalue weighted by molar-refractivity contribution is 7.98. The summed E-state index contributed by atoms with van der Waals surface area (Å²) in [5.74, 6) is 2.09. The molecule has 0 aliphatic carbocycles. The normalized spacial score (nSPS) is 10.5. The monoisotopic (exact) mass is 424 g/mol. The summed E-state index contributed by atoms with van der Waals surface area (Å²) in [6.07, 6.45) is 1.67. The molecule has 8 heteroatoms. The number of methoxy groups -OCH3 is 2. The standard InChI is InChI=1S/C22H24N4O3S/c1-5-12-26-21(27)20(23-17-9-6-15(2)7-10-17)24-25-22(26)30-14-16-8-11-18(28-3)19(13-16)29-4/h5-11,13H,1,12,14H2,2-4H3,(H,23,24). The van der Waals surface area contributed by atoms with Crippen molar-refractivity contribution in [1.82, 2.24) is 14.8 Å². The summed E-state index contributed by atoms with van der Waals surface area (Å²) in [6, 6.07) is 13.4. The van der Waals surface area contributed by atoms with Crippen LogP contribution < -0.4 is 20.3 Å². The average Bonchev–Trinajstić information content (AvgIpc) is 2.77. The molecule has 0 aliphatic rings. The smallest absolute Gasteiger partial charge is 0.297 e. The van der Waals surface area contributed by atoms with Crippen LogP contribution in [0.4, 0.5) is 11.5 Å². The highest BCUT2D eigenvalue weighted by atomic mass is 32.2. The van der Waals surface area contributed by atoms with Crippen LogP contribution in [0.1, 0.15) is 11.1 Å². The van der Waals surface area contributed by atoms with Gasteiger partial charge in [-0.3, -0.25) is 9.36 Å². The number of nitrogens with zero attached hydrogens (tertiary/aromatic N) is 3. The van der Waals surface area contributed by atoms with E-state index < -0.39 is 0 Å². The number of ether oxygens (including phenoxy) is 2. The molecule has 0 saturated heterocycles. The number of allylic oxidation sites excluding steroid dienone is 1. The minimum absolute atomic E-state index is 0.177. The van der Waals surface area contributed by atoms with E-state index >= 15 is 0 Å². The van der Waals surface area contributed by atoms with Gasteiger partial charge in [0.05, 0.1) is 14.2 Å². The van der Waals surface area contributed by atoms with E-state index in [1.54, 1.807) is 24.9 Å². The Balaban J connectivity index is 1.82. The van der Waals surface area contributed by atoms with Crippen LogP contribution in [-0.4, -0.2) is 29.0 Å². The number of benzene rings is 2. The zero-order chi connectivity index (χ0) is 21.5. The quantitative estimate of drug-likeness (QED) is 0.408. The second-order valence-electron chi connectivity index (χ2n) is 6.50. The number of aryl methyl sites for hydroxylation is 1. The van der Waals surface area contributed by atoms with E-state index in [1.807, 2.05) is 49.4 Å². The second-order valence-corrected chi connectivity index (χ2v) is 7.45. The predicted octanol–water partition coefficient (Wildman–Crippen LogP) is 4.19. The van der Waals surface area contributed by atoms with Crippen LogP contribution in [0.3, 0.4) is 0 Å². The van der Waals surface area contributed by atoms with Crippen molar-refractivity contribution in [1.29, 1.82) is 0 Å². The Morgan fingerprint density at radius 2 is 1.83 bits per heavy atom. The van der Waals surface area contributed by atoms with Crippen molar-refractivity contribution in [2.75, 3.05) is 19.5 Å². The lowest BCUT2D eigenvalue weighted by Crippen LogP contribution is -2.26. The van der Waals surface area contributed by atoms with Crippen molar-refractivity contribution in [3.8, 4) is 11.5 Å². The number of nitrogens with one attached hydrogen (secondary N) is 1. The topological polar surface area (TPSA) is 78.3 Å². The second kappa shape index (κ2) is 9.98. The predicted molar refractivity (Wildman–Crippen MR) is 120 cm³/mol. The zero-order valence-corrected chi connectivity index (χ0v) is 18.0. The van der Waals surface area contributed by atoms with Crippen LogP contribution in [-0.2, 0) is 12.3 Å². The molecule has 0 fully saturated rings. The molecule has 0 atom stereocenters. The van der Waals surface area contributed by atoms with E-state index in [-0.39, 0.29) is 11.4 Å². The summed E-state index contributed by atoms with van der Waals surface area (Å²) >= 11 is 1.42. The van der Waals surface area contributed by atoms with Gasteiger partial charge in [-0.05, 0) is 36.8 Å². The third-order valence-corrected chi connectivity index (χ3v) is 5.39. The van der Waals surface area contributed by atoms with Gasteiger partial charge in [0.1, 0.15) is 0 Å². The van der Waals surface area contributed by atoms with Gasteiger partial charge in [0, 0.05) is 18.0 Å². The fourth-order valence-corrected chi connectivity index (χ4v) is 3.66. The van der Waals surface area contributed by atoms with Crippen LogP contribution in [0.2, 0.25) is 0 Å². The number of rotatable bonds is 9. The first-order valence-corrected chi connectivity index (χ1v) is 10.3. The van der Waals surface area contributed by atoms with Gasteiger partial charge in [0.15, 0.2) is 16.7 Å². The zero-order valence-electron chi connectivity index (χ0n) is 17.2. The van der Waals surface area contributed by atoms with Crippen molar-refractivity contribution in [2.24, 2.45) is 0 Å². The van der Waals surface area contributed by atoms with E-state index in [0.29, 0.717) is 29.0 Å². The third-order valence-electron chi connectivity index (χ3n) is 4.36. The molecule has 0 amide bonds. The minimum atomic E-state index is -0.250. The van der Waals surface area contributed by atoms with Crippen molar-refractivity contribution in [2.45, 2.75) is 24.4 Å². The van der Waals surface area contributed by atoms with E-state index in [1.165, 1.54) is 11.8 Å².